The molecule has 1 spiro atoms. The molecule has 2 aliphatic heterocycles. The van der Waals surface area contributed by atoms with Crippen LogP contribution in [0.5, 0.6) is 0 Å². The van der Waals surface area contributed by atoms with Crippen molar-refractivity contribution >= 4 is 17.9 Å². The van der Waals surface area contributed by atoms with Gasteiger partial charge in [-0.15, -0.1) is 0 Å². The van der Waals surface area contributed by atoms with Crippen molar-refractivity contribution in [3.05, 3.63) is 11.8 Å². The first-order chi connectivity index (χ1) is 16.3. The minimum Gasteiger partial charge on any atom is -0.462 e. The van der Waals surface area contributed by atoms with E-state index in [1.165, 1.54) is 6.26 Å². The molecule has 0 radical (unpaired) electrons. The first kappa shape index (κ1) is 27.4. The lowest BCUT2D eigenvalue weighted by Gasteiger charge is -2.40. The summed E-state index contributed by atoms with van der Waals surface area (Å²) >= 11 is 0. The van der Waals surface area contributed by atoms with Crippen LogP contribution in [0.3, 0.4) is 0 Å². The Morgan fingerprint density at radius 3 is 2.23 bits per heavy atom. The average Bonchev–Trinajstić information content (AvgIpc) is 3.46. The molecule has 0 aromatic carbocycles. The number of esters is 3. The van der Waals surface area contributed by atoms with E-state index in [0.29, 0.717) is 0 Å². The number of aliphatic hydroxyl groups excluding tert-OH is 1. The Hall–Kier alpha value is -2.17. The second-order valence-electron chi connectivity index (χ2n) is 11.0. The lowest BCUT2D eigenvalue weighted by Crippen LogP contribution is -2.53. The van der Waals surface area contributed by atoms with Crippen molar-refractivity contribution in [1.29, 1.82) is 0 Å². The average molecular weight is 499 g/mol. The van der Waals surface area contributed by atoms with Crippen LogP contribution in [0.1, 0.15) is 60.8 Å². The summed E-state index contributed by atoms with van der Waals surface area (Å²) in [5, 5.41) is 22.3. The Morgan fingerprint density at radius 2 is 1.69 bits per heavy atom. The Kier molecular flexibility index (Phi) is 8.18. The van der Waals surface area contributed by atoms with Crippen LogP contribution >= 0.6 is 0 Å². The fourth-order valence-electron chi connectivity index (χ4n) is 4.75. The zero-order valence-electron chi connectivity index (χ0n) is 21.3. The smallest absolute Gasteiger partial charge is 0.348 e. The Morgan fingerprint density at radius 1 is 1.09 bits per heavy atom. The standard InChI is InChI=1S/C25H38O10/c1-13(2)7-18(27)34-20(15(5)6)22(29)31-10-16-11-32-23(35-19(28)8-14(3)4)21-24(16,30)9-17(26)25(21)12-33-25/h11,13-15,17,20-21,23,26,30H,7-10,12H2,1-6H3/t17-,20?,21-,23-,24-,25+/m0/s1. The van der Waals surface area contributed by atoms with E-state index in [2.05, 4.69) is 0 Å². The van der Waals surface area contributed by atoms with Crippen LogP contribution in [-0.4, -0.2) is 71.0 Å². The molecule has 0 aromatic heterocycles. The van der Waals surface area contributed by atoms with E-state index in [1.807, 2.05) is 27.7 Å². The van der Waals surface area contributed by atoms with Gasteiger partial charge in [-0.1, -0.05) is 41.5 Å². The number of carbonyl (C=O) groups is 3. The van der Waals surface area contributed by atoms with Crippen molar-refractivity contribution < 1.29 is 48.3 Å². The summed E-state index contributed by atoms with van der Waals surface area (Å²) in [5.41, 5.74) is -2.58. The van der Waals surface area contributed by atoms with Crippen molar-refractivity contribution in [3.63, 3.8) is 0 Å². The Bertz CT molecular complexity index is 843. The van der Waals surface area contributed by atoms with Gasteiger partial charge < -0.3 is 33.9 Å². The Labute approximate surface area is 205 Å². The highest BCUT2D eigenvalue weighted by Gasteiger charge is 2.75. The van der Waals surface area contributed by atoms with Gasteiger partial charge in [-0.25, -0.2) is 4.79 Å². The van der Waals surface area contributed by atoms with Gasteiger partial charge in [0.25, 0.3) is 6.29 Å². The van der Waals surface area contributed by atoms with Gasteiger partial charge in [-0.05, 0) is 11.8 Å². The molecule has 1 unspecified atom stereocenters. The third kappa shape index (κ3) is 5.81. The van der Waals surface area contributed by atoms with E-state index >= 15 is 0 Å². The fourth-order valence-corrected chi connectivity index (χ4v) is 4.75. The number of ether oxygens (including phenoxy) is 5. The molecule has 1 saturated carbocycles. The predicted octanol–water partition coefficient (Wildman–Crippen LogP) is 1.85. The Balaban J connectivity index is 1.73. The highest BCUT2D eigenvalue weighted by Crippen LogP contribution is 2.58. The van der Waals surface area contributed by atoms with Crippen LogP contribution in [0.15, 0.2) is 11.8 Å². The van der Waals surface area contributed by atoms with Gasteiger partial charge in [0.15, 0.2) is 0 Å². The van der Waals surface area contributed by atoms with Crippen LogP contribution in [0.25, 0.3) is 0 Å². The lowest BCUT2D eigenvalue weighted by atomic mass is 9.79. The van der Waals surface area contributed by atoms with E-state index in [-0.39, 0.29) is 55.8 Å². The van der Waals surface area contributed by atoms with Crippen LogP contribution in [0.2, 0.25) is 0 Å². The predicted molar refractivity (Wildman–Crippen MR) is 121 cm³/mol. The summed E-state index contributed by atoms with van der Waals surface area (Å²) in [7, 11) is 0. The molecule has 198 valence electrons. The summed E-state index contributed by atoms with van der Waals surface area (Å²) in [4.78, 5) is 37.2. The fraction of sp³-hybridized carbons (Fsp3) is 0.800. The highest BCUT2D eigenvalue weighted by molar-refractivity contribution is 5.79. The van der Waals surface area contributed by atoms with Gasteiger partial charge in [0.1, 0.15) is 17.8 Å². The highest BCUT2D eigenvalue weighted by atomic mass is 16.7. The number of carbonyl (C=O) groups excluding carboxylic acids is 3. The molecule has 10 heteroatoms. The molecule has 35 heavy (non-hydrogen) atoms. The topological polar surface area (TPSA) is 141 Å². The van der Waals surface area contributed by atoms with Gasteiger partial charge in [-0.2, -0.15) is 0 Å². The van der Waals surface area contributed by atoms with Crippen molar-refractivity contribution in [1.82, 2.24) is 0 Å². The minimum atomic E-state index is -1.68. The van der Waals surface area contributed by atoms with Crippen LogP contribution in [0, 0.1) is 23.7 Å². The maximum atomic E-state index is 12.8. The maximum absolute atomic E-state index is 12.8. The molecule has 0 aromatic rings. The van der Waals surface area contributed by atoms with Gasteiger partial charge in [0.05, 0.1) is 24.9 Å². The SMILES string of the molecule is CC(C)CC(=O)OC(C(=O)OCC1=CO[C@@H](OC(=O)CC(C)C)[C@@H]2[C@@]3(CO3)[C@@H](O)C[C@]12O)C(C)C. The van der Waals surface area contributed by atoms with Crippen molar-refractivity contribution in [2.24, 2.45) is 23.7 Å². The molecule has 3 rings (SSSR count). The number of aliphatic hydroxyl groups is 2. The van der Waals surface area contributed by atoms with Gasteiger partial charge >= 0.3 is 17.9 Å². The molecule has 0 amide bonds. The summed E-state index contributed by atoms with van der Waals surface area (Å²) in [6, 6.07) is 0. The molecule has 2 fully saturated rings. The molecular weight excluding hydrogens is 460 g/mol. The van der Waals surface area contributed by atoms with Crippen molar-refractivity contribution in [2.75, 3.05) is 13.2 Å². The first-order valence-electron chi connectivity index (χ1n) is 12.2. The van der Waals surface area contributed by atoms with Crippen molar-refractivity contribution in [3.8, 4) is 0 Å². The lowest BCUT2D eigenvalue weighted by molar-refractivity contribution is -0.208. The largest absolute Gasteiger partial charge is 0.462 e. The molecule has 2 heterocycles. The van der Waals surface area contributed by atoms with Crippen molar-refractivity contribution in [2.45, 2.75) is 90.5 Å². The van der Waals surface area contributed by atoms with E-state index in [9.17, 15) is 24.6 Å². The summed E-state index contributed by atoms with van der Waals surface area (Å²) < 4.78 is 27.5. The third-order valence-electron chi connectivity index (χ3n) is 6.62. The summed E-state index contributed by atoms with van der Waals surface area (Å²) in [6.07, 6.45) is -1.83. The molecule has 1 saturated heterocycles. The van der Waals surface area contributed by atoms with Gasteiger partial charge in [-0.3, -0.25) is 9.59 Å². The second kappa shape index (κ2) is 10.4. The van der Waals surface area contributed by atoms with E-state index in [1.54, 1.807) is 13.8 Å². The van der Waals surface area contributed by atoms with Gasteiger partial charge in [0, 0.05) is 30.8 Å². The zero-order chi connectivity index (χ0) is 26.1. The van der Waals surface area contributed by atoms with E-state index in [0.717, 1.165) is 0 Å². The van der Waals surface area contributed by atoms with Crippen LogP contribution < -0.4 is 0 Å². The van der Waals surface area contributed by atoms with Crippen LogP contribution in [0.4, 0.5) is 0 Å². The first-order valence-corrected chi connectivity index (χ1v) is 12.2. The number of hydrogen-bond donors (Lipinski definition) is 2. The summed E-state index contributed by atoms with van der Waals surface area (Å²) in [6.45, 7) is 10.8. The molecule has 2 N–H and O–H groups in total. The number of fused-ring (bicyclic) bond motifs is 2. The number of rotatable bonds is 10. The number of epoxide rings is 1. The molecule has 0 bridgehead atoms. The van der Waals surface area contributed by atoms with Crippen LogP contribution in [-0.2, 0) is 38.1 Å². The summed E-state index contributed by atoms with van der Waals surface area (Å²) in [5.74, 6) is -2.81. The van der Waals surface area contributed by atoms with Gasteiger partial charge in [0.2, 0.25) is 6.10 Å². The monoisotopic (exact) mass is 498 g/mol. The normalized spacial score (nSPS) is 32.2. The maximum Gasteiger partial charge on any atom is 0.348 e. The second-order valence-corrected chi connectivity index (χ2v) is 11.0. The molecule has 6 atom stereocenters. The molecule has 1 aliphatic carbocycles. The molecule has 10 nitrogen and oxygen atoms in total. The zero-order valence-corrected chi connectivity index (χ0v) is 21.3. The molecular formula is C25H38O10. The number of hydrogen-bond acceptors (Lipinski definition) is 10. The van der Waals surface area contributed by atoms with E-state index < -0.39 is 53.5 Å². The third-order valence-corrected chi connectivity index (χ3v) is 6.62. The molecule has 3 aliphatic rings. The minimum absolute atomic E-state index is 0.0688. The quantitative estimate of drug-likeness (QED) is 0.260. The van der Waals surface area contributed by atoms with E-state index in [4.69, 9.17) is 23.7 Å².